The molecular formula is C12H17N5O2S. The Hall–Kier alpha value is -1.93. The normalized spacial score (nSPS) is 12.1. The van der Waals surface area contributed by atoms with Crippen LogP contribution in [0.4, 0.5) is 5.69 Å². The van der Waals surface area contributed by atoms with Crippen molar-refractivity contribution in [3.05, 3.63) is 29.7 Å². The molecule has 2 heterocycles. The molecule has 0 atom stereocenters. The highest BCUT2D eigenvalue weighted by atomic mass is 32.2. The standard InChI is InChI=1S/C12H17N5O2S/c1-8-12(13)9(2)17(15-8)11-6-5-10(7-14-11)20(18,19)16(3)4/h5-7H,13H2,1-4H3. The maximum atomic E-state index is 11.9. The molecule has 0 aliphatic carbocycles. The summed E-state index contributed by atoms with van der Waals surface area (Å²) in [6.45, 7) is 3.64. The summed E-state index contributed by atoms with van der Waals surface area (Å²) in [6.07, 6.45) is 1.32. The van der Waals surface area contributed by atoms with Crippen molar-refractivity contribution < 1.29 is 8.42 Å². The Bertz CT molecular complexity index is 732. The Morgan fingerprint density at radius 2 is 1.90 bits per heavy atom. The minimum absolute atomic E-state index is 0.140. The Balaban J connectivity index is 2.46. The fourth-order valence-corrected chi connectivity index (χ4v) is 2.59. The van der Waals surface area contributed by atoms with E-state index in [1.54, 1.807) is 10.7 Å². The summed E-state index contributed by atoms with van der Waals surface area (Å²) < 4.78 is 26.6. The second-order valence-electron chi connectivity index (χ2n) is 4.64. The van der Waals surface area contributed by atoms with Gasteiger partial charge in [-0.05, 0) is 26.0 Å². The molecule has 0 saturated heterocycles. The number of nitrogens with zero attached hydrogens (tertiary/aromatic N) is 4. The van der Waals surface area contributed by atoms with Gasteiger partial charge in [-0.15, -0.1) is 0 Å². The van der Waals surface area contributed by atoms with Crippen molar-refractivity contribution in [2.24, 2.45) is 0 Å². The van der Waals surface area contributed by atoms with Gasteiger partial charge < -0.3 is 5.73 Å². The van der Waals surface area contributed by atoms with Crippen molar-refractivity contribution in [1.82, 2.24) is 19.1 Å². The molecule has 0 aromatic carbocycles. The number of aromatic nitrogens is 3. The predicted octanol–water partition coefficient (Wildman–Crippen LogP) is 0.717. The van der Waals surface area contributed by atoms with E-state index in [1.807, 2.05) is 13.8 Å². The molecule has 0 fully saturated rings. The fraction of sp³-hybridized carbons (Fsp3) is 0.333. The summed E-state index contributed by atoms with van der Waals surface area (Å²) in [5, 5.41) is 4.28. The van der Waals surface area contributed by atoms with E-state index in [0.29, 0.717) is 17.2 Å². The highest BCUT2D eigenvalue weighted by Gasteiger charge is 2.18. The van der Waals surface area contributed by atoms with Crippen LogP contribution in [-0.2, 0) is 10.0 Å². The lowest BCUT2D eigenvalue weighted by Gasteiger charge is -2.11. The molecule has 108 valence electrons. The topological polar surface area (TPSA) is 94.1 Å². The average molecular weight is 295 g/mol. The van der Waals surface area contributed by atoms with Crippen molar-refractivity contribution in [3.8, 4) is 5.82 Å². The van der Waals surface area contributed by atoms with Gasteiger partial charge in [0, 0.05) is 20.3 Å². The number of rotatable bonds is 3. The number of hydrogen-bond donors (Lipinski definition) is 1. The molecule has 0 saturated carbocycles. The highest BCUT2D eigenvalue weighted by molar-refractivity contribution is 7.89. The van der Waals surface area contributed by atoms with Crippen LogP contribution in [0.5, 0.6) is 0 Å². The fourth-order valence-electron chi connectivity index (χ4n) is 1.74. The summed E-state index contributed by atoms with van der Waals surface area (Å²) in [5.74, 6) is 0.528. The first-order valence-electron chi connectivity index (χ1n) is 5.96. The molecule has 2 rings (SSSR count). The van der Waals surface area contributed by atoms with Crippen molar-refractivity contribution in [1.29, 1.82) is 0 Å². The molecule has 0 radical (unpaired) electrons. The van der Waals surface area contributed by atoms with Crippen molar-refractivity contribution in [2.75, 3.05) is 19.8 Å². The monoisotopic (exact) mass is 295 g/mol. The van der Waals surface area contributed by atoms with Crippen LogP contribution in [0.3, 0.4) is 0 Å². The number of nitrogens with two attached hydrogens (primary N) is 1. The average Bonchev–Trinajstić information content (AvgIpc) is 2.66. The first-order valence-corrected chi connectivity index (χ1v) is 7.40. The lowest BCUT2D eigenvalue weighted by molar-refractivity contribution is 0.520. The van der Waals surface area contributed by atoms with Crippen LogP contribution in [0.25, 0.3) is 5.82 Å². The number of anilines is 1. The van der Waals surface area contributed by atoms with Crippen molar-refractivity contribution >= 4 is 15.7 Å². The van der Waals surface area contributed by atoms with Crippen LogP contribution in [-0.4, -0.2) is 41.6 Å². The first-order chi connectivity index (χ1) is 9.25. The molecule has 2 aromatic heterocycles. The lowest BCUT2D eigenvalue weighted by atomic mass is 10.3. The molecule has 8 heteroatoms. The molecular weight excluding hydrogens is 278 g/mol. The van der Waals surface area contributed by atoms with Gasteiger partial charge in [0.05, 0.1) is 17.1 Å². The van der Waals surface area contributed by atoms with Crippen LogP contribution in [0, 0.1) is 13.8 Å². The first kappa shape index (κ1) is 14.5. The van der Waals surface area contributed by atoms with E-state index in [9.17, 15) is 8.42 Å². The number of nitrogen functional groups attached to an aromatic ring is 1. The maximum absolute atomic E-state index is 11.9. The van der Waals surface area contributed by atoms with E-state index >= 15 is 0 Å². The van der Waals surface area contributed by atoms with Gasteiger partial charge >= 0.3 is 0 Å². The molecule has 0 aliphatic heterocycles. The zero-order valence-electron chi connectivity index (χ0n) is 11.8. The molecule has 0 bridgehead atoms. The van der Waals surface area contributed by atoms with Gasteiger partial charge in [0.15, 0.2) is 5.82 Å². The molecule has 0 unspecified atom stereocenters. The Morgan fingerprint density at radius 3 is 2.30 bits per heavy atom. The third-order valence-electron chi connectivity index (χ3n) is 3.06. The molecule has 0 aliphatic rings. The van der Waals surface area contributed by atoms with Gasteiger partial charge in [-0.2, -0.15) is 5.10 Å². The third kappa shape index (κ3) is 2.27. The molecule has 2 aromatic rings. The number of aryl methyl sites for hydroxylation is 1. The molecule has 20 heavy (non-hydrogen) atoms. The van der Waals surface area contributed by atoms with Gasteiger partial charge in [-0.1, -0.05) is 0 Å². The van der Waals surface area contributed by atoms with E-state index in [0.717, 1.165) is 10.00 Å². The highest BCUT2D eigenvalue weighted by Crippen LogP contribution is 2.19. The van der Waals surface area contributed by atoms with E-state index in [-0.39, 0.29) is 4.90 Å². The maximum Gasteiger partial charge on any atom is 0.244 e. The summed E-state index contributed by atoms with van der Waals surface area (Å²) in [6, 6.07) is 3.11. The van der Waals surface area contributed by atoms with E-state index in [2.05, 4.69) is 10.1 Å². The van der Waals surface area contributed by atoms with E-state index < -0.39 is 10.0 Å². The third-order valence-corrected chi connectivity index (χ3v) is 4.86. The zero-order valence-corrected chi connectivity index (χ0v) is 12.6. The number of hydrogen-bond acceptors (Lipinski definition) is 5. The van der Waals surface area contributed by atoms with Crippen LogP contribution in [0.1, 0.15) is 11.4 Å². The summed E-state index contributed by atoms with van der Waals surface area (Å²) in [7, 11) is -0.518. The molecule has 0 amide bonds. The predicted molar refractivity (Wildman–Crippen MR) is 76.1 cm³/mol. The van der Waals surface area contributed by atoms with Gasteiger partial charge in [-0.25, -0.2) is 22.4 Å². The number of pyridine rings is 1. The molecule has 7 nitrogen and oxygen atoms in total. The van der Waals surface area contributed by atoms with Crippen LogP contribution >= 0.6 is 0 Å². The molecule has 2 N–H and O–H groups in total. The van der Waals surface area contributed by atoms with Crippen LogP contribution in [0.2, 0.25) is 0 Å². The quantitative estimate of drug-likeness (QED) is 0.900. The van der Waals surface area contributed by atoms with Crippen molar-refractivity contribution in [3.63, 3.8) is 0 Å². The SMILES string of the molecule is Cc1nn(-c2ccc(S(=O)(=O)N(C)C)cn2)c(C)c1N. The smallest absolute Gasteiger partial charge is 0.244 e. The zero-order chi connectivity index (χ0) is 15.1. The van der Waals surface area contributed by atoms with E-state index in [1.165, 1.54) is 26.4 Å². The van der Waals surface area contributed by atoms with Crippen LogP contribution in [0.15, 0.2) is 23.2 Å². The summed E-state index contributed by atoms with van der Waals surface area (Å²) in [4.78, 5) is 4.29. The van der Waals surface area contributed by atoms with Gasteiger partial charge in [-0.3, -0.25) is 0 Å². The number of sulfonamides is 1. The minimum atomic E-state index is -3.47. The van der Waals surface area contributed by atoms with E-state index in [4.69, 9.17) is 5.73 Å². The largest absolute Gasteiger partial charge is 0.396 e. The minimum Gasteiger partial charge on any atom is -0.396 e. The molecule has 0 spiro atoms. The second-order valence-corrected chi connectivity index (χ2v) is 6.79. The Kier molecular flexibility index (Phi) is 3.53. The lowest BCUT2D eigenvalue weighted by Crippen LogP contribution is -2.22. The summed E-state index contributed by atoms with van der Waals surface area (Å²) >= 11 is 0. The van der Waals surface area contributed by atoms with Gasteiger partial charge in [0.1, 0.15) is 4.90 Å². The Morgan fingerprint density at radius 1 is 1.25 bits per heavy atom. The second kappa shape index (κ2) is 4.88. The Labute approximate surface area is 118 Å². The van der Waals surface area contributed by atoms with Gasteiger partial charge in [0.2, 0.25) is 10.0 Å². The van der Waals surface area contributed by atoms with Crippen LogP contribution < -0.4 is 5.73 Å². The van der Waals surface area contributed by atoms with Crippen molar-refractivity contribution in [2.45, 2.75) is 18.7 Å². The van der Waals surface area contributed by atoms with Gasteiger partial charge in [0.25, 0.3) is 0 Å². The summed E-state index contributed by atoms with van der Waals surface area (Å²) in [5.41, 5.74) is 7.97.